The van der Waals surface area contributed by atoms with Crippen LogP contribution in [0.3, 0.4) is 0 Å². The summed E-state index contributed by atoms with van der Waals surface area (Å²) in [6.07, 6.45) is 1.31. The van der Waals surface area contributed by atoms with Crippen LogP contribution < -0.4 is 11.1 Å². The van der Waals surface area contributed by atoms with E-state index in [2.05, 4.69) is 31.3 Å². The Morgan fingerprint density at radius 2 is 2.18 bits per heavy atom. The molecule has 2 rings (SSSR count). The molecule has 0 aromatic heterocycles. The Labute approximate surface area is 103 Å². The van der Waals surface area contributed by atoms with Gasteiger partial charge in [-0.3, -0.25) is 0 Å². The Balaban J connectivity index is 1.90. The maximum Gasteiger partial charge on any atom is 0.0726 e. The van der Waals surface area contributed by atoms with E-state index in [4.69, 9.17) is 10.5 Å². The first-order valence-corrected chi connectivity index (χ1v) is 6.29. The SMILES string of the molecule is CC1OCCC1(C)NC[C@@H](N)c1ccccc1. The van der Waals surface area contributed by atoms with Gasteiger partial charge in [-0.2, -0.15) is 0 Å². The number of hydrogen-bond acceptors (Lipinski definition) is 3. The van der Waals surface area contributed by atoms with Gasteiger partial charge < -0.3 is 15.8 Å². The Kier molecular flexibility index (Phi) is 3.82. The van der Waals surface area contributed by atoms with Gasteiger partial charge in [0.1, 0.15) is 0 Å². The first-order chi connectivity index (χ1) is 8.12. The minimum Gasteiger partial charge on any atom is -0.377 e. The molecule has 3 nitrogen and oxygen atoms in total. The molecule has 1 aromatic carbocycles. The van der Waals surface area contributed by atoms with Crippen molar-refractivity contribution < 1.29 is 4.74 Å². The van der Waals surface area contributed by atoms with E-state index in [0.29, 0.717) is 0 Å². The smallest absolute Gasteiger partial charge is 0.0726 e. The zero-order valence-electron chi connectivity index (χ0n) is 10.6. The second kappa shape index (κ2) is 5.17. The molecule has 0 aliphatic carbocycles. The van der Waals surface area contributed by atoms with Crippen LogP contribution in [0.4, 0.5) is 0 Å². The van der Waals surface area contributed by atoms with Crippen LogP contribution in [0.2, 0.25) is 0 Å². The molecule has 0 spiro atoms. The summed E-state index contributed by atoms with van der Waals surface area (Å²) in [5.41, 5.74) is 7.41. The normalized spacial score (nSPS) is 30.4. The fourth-order valence-electron chi connectivity index (χ4n) is 2.23. The average molecular weight is 234 g/mol. The van der Waals surface area contributed by atoms with Gasteiger partial charge in [-0.05, 0) is 25.8 Å². The van der Waals surface area contributed by atoms with Crippen molar-refractivity contribution >= 4 is 0 Å². The Bertz CT molecular complexity index is 354. The Morgan fingerprint density at radius 3 is 2.76 bits per heavy atom. The molecule has 1 aliphatic rings. The predicted molar refractivity (Wildman–Crippen MR) is 69.8 cm³/mol. The molecule has 1 aliphatic heterocycles. The number of nitrogens with one attached hydrogen (secondary N) is 1. The standard InChI is InChI=1S/C14H22N2O/c1-11-14(2,8-9-17-11)16-10-13(15)12-6-4-3-5-7-12/h3-7,11,13,16H,8-10,15H2,1-2H3/t11?,13-,14?/m1/s1. The van der Waals surface area contributed by atoms with Gasteiger partial charge in [0.25, 0.3) is 0 Å². The van der Waals surface area contributed by atoms with Gasteiger partial charge in [-0.15, -0.1) is 0 Å². The summed E-state index contributed by atoms with van der Waals surface area (Å²) in [5.74, 6) is 0. The van der Waals surface area contributed by atoms with Gasteiger partial charge in [-0.25, -0.2) is 0 Å². The third kappa shape index (κ3) is 2.86. The molecule has 0 saturated carbocycles. The molecule has 3 heteroatoms. The number of nitrogens with two attached hydrogens (primary N) is 1. The minimum absolute atomic E-state index is 0.0424. The number of ether oxygens (including phenoxy) is 1. The maximum atomic E-state index is 6.17. The van der Waals surface area contributed by atoms with E-state index in [1.165, 1.54) is 5.56 Å². The van der Waals surface area contributed by atoms with Gasteiger partial charge in [0.05, 0.1) is 6.10 Å². The summed E-state index contributed by atoms with van der Waals surface area (Å²) in [7, 11) is 0. The van der Waals surface area contributed by atoms with E-state index in [-0.39, 0.29) is 17.7 Å². The van der Waals surface area contributed by atoms with Crippen molar-refractivity contribution in [2.45, 2.75) is 38.0 Å². The van der Waals surface area contributed by atoms with Gasteiger partial charge in [0.2, 0.25) is 0 Å². The molecule has 1 fully saturated rings. The van der Waals surface area contributed by atoms with E-state index in [9.17, 15) is 0 Å². The molecule has 0 amide bonds. The molecule has 1 heterocycles. The zero-order valence-corrected chi connectivity index (χ0v) is 10.6. The van der Waals surface area contributed by atoms with E-state index in [0.717, 1.165) is 19.6 Å². The van der Waals surface area contributed by atoms with E-state index in [1.54, 1.807) is 0 Å². The van der Waals surface area contributed by atoms with E-state index in [1.807, 2.05) is 18.2 Å². The second-order valence-corrected chi connectivity index (χ2v) is 5.08. The van der Waals surface area contributed by atoms with Gasteiger partial charge in [-0.1, -0.05) is 30.3 Å². The molecular formula is C14H22N2O. The van der Waals surface area contributed by atoms with Crippen LogP contribution in [0.5, 0.6) is 0 Å². The molecular weight excluding hydrogens is 212 g/mol. The third-order valence-electron chi connectivity index (χ3n) is 3.84. The molecule has 0 radical (unpaired) electrons. The minimum atomic E-state index is 0.0424. The van der Waals surface area contributed by atoms with Crippen molar-refractivity contribution in [3.05, 3.63) is 35.9 Å². The molecule has 3 atom stereocenters. The fourth-order valence-corrected chi connectivity index (χ4v) is 2.23. The van der Waals surface area contributed by atoms with Crippen LogP contribution in [0.1, 0.15) is 31.9 Å². The van der Waals surface area contributed by atoms with Gasteiger partial charge >= 0.3 is 0 Å². The Morgan fingerprint density at radius 1 is 1.47 bits per heavy atom. The Hall–Kier alpha value is -0.900. The van der Waals surface area contributed by atoms with Crippen molar-refractivity contribution in [3.8, 4) is 0 Å². The second-order valence-electron chi connectivity index (χ2n) is 5.08. The lowest BCUT2D eigenvalue weighted by atomic mass is 9.94. The highest BCUT2D eigenvalue weighted by atomic mass is 16.5. The summed E-state index contributed by atoms with van der Waals surface area (Å²) < 4.78 is 5.60. The summed E-state index contributed by atoms with van der Waals surface area (Å²) in [4.78, 5) is 0. The zero-order chi connectivity index (χ0) is 12.3. The number of hydrogen-bond donors (Lipinski definition) is 2. The molecule has 3 N–H and O–H groups in total. The highest BCUT2D eigenvalue weighted by Crippen LogP contribution is 2.25. The summed E-state index contributed by atoms with van der Waals surface area (Å²) in [6, 6.07) is 10.3. The van der Waals surface area contributed by atoms with E-state index < -0.39 is 0 Å². The summed E-state index contributed by atoms with van der Waals surface area (Å²) in [6.45, 7) is 5.95. The van der Waals surface area contributed by atoms with Crippen LogP contribution in [0, 0.1) is 0 Å². The van der Waals surface area contributed by atoms with E-state index >= 15 is 0 Å². The van der Waals surface area contributed by atoms with Crippen LogP contribution in [0.15, 0.2) is 30.3 Å². The molecule has 2 unspecified atom stereocenters. The van der Waals surface area contributed by atoms with Crippen LogP contribution in [-0.2, 0) is 4.74 Å². The lowest BCUT2D eigenvalue weighted by Gasteiger charge is -2.30. The van der Waals surface area contributed by atoms with Crippen LogP contribution >= 0.6 is 0 Å². The van der Waals surface area contributed by atoms with Crippen molar-refractivity contribution in [2.24, 2.45) is 5.73 Å². The van der Waals surface area contributed by atoms with Gasteiger partial charge in [0, 0.05) is 24.7 Å². The first-order valence-electron chi connectivity index (χ1n) is 6.29. The highest BCUT2D eigenvalue weighted by Gasteiger charge is 2.36. The fraction of sp³-hybridized carbons (Fsp3) is 0.571. The average Bonchev–Trinajstić information content (AvgIpc) is 2.68. The molecule has 1 aromatic rings. The summed E-state index contributed by atoms with van der Waals surface area (Å²) >= 11 is 0. The van der Waals surface area contributed by atoms with Crippen LogP contribution in [-0.4, -0.2) is 24.8 Å². The number of rotatable bonds is 4. The number of benzene rings is 1. The van der Waals surface area contributed by atoms with Crippen molar-refractivity contribution in [2.75, 3.05) is 13.2 Å². The van der Waals surface area contributed by atoms with Gasteiger partial charge in [0.15, 0.2) is 0 Å². The molecule has 17 heavy (non-hydrogen) atoms. The first kappa shape index (κ1) is 12.6. The maximum absolute atomic E-state index is 6.17. The molecule has 0 bridgehead atoms. The van der Waals surface area contributed by atoms with Crippen molar-refractivity contribution in [3.63, 3.8) is 0 Å². The van der Waals surface area contributed by atoms with Crippen LogP contribution in [0.25, 0.3) is 0 Å². The lowest BCUT2D eigenvalue weighted by molar-refractivity contribution is 0.0882. The third-order valence-corrected chi connectivity index (χ3v) is 3.84. The van der Waals surface area contributed by atoms with Crippen molar-refractivity contribution in [1.29, 1.82) is 0 Å². The largest absolute Gasteiger partial charge is 0.377 e. The quantitative estimate of drug-likeness (QED) is 0.835. The highest BCUT2D eigenvalue weighted by molar-refractivity contribution is 5.18. The monoisotopic (exact) mass is 234 g/mol. The molecule has 94 valence electrons. The summed E-state index contributed by atoms with van der Waals surface area (Å²) in [5, 5.41) is 3.56. The predicted octanol–water partition coefficient (Wildman–Crippen LogP) is 1.84. The van der Waals surface area contributed by atoms with Crippen molar-refractivity contribution in [1.82, 2.24) is 5.32 Å². The molecule has 1 saturated heterocycles. The lowest BCUT2D eigenvalue weighted by Crippen LogP contribution is -2.50. The topological polar surface area (TPSA) is 47.3 Å².